The zero-order valence-electron chi connectivity index (χ0n) is 13.6. The number of carbonyl (C=O) groups excluding carboxylic acids is 1. The number of rotatable bonds is 12. The second-order valence-corrected chi connectivity index (χ2v) is 5.54. The molecule has 1 amide bonds. The number of aliphatic carboxylic acids is 1. The van der Waals surface area contributed by atoms with Gasteiger partial charge in [-0.1, -0.05) is 26.2 Å². The Balaban J connectivity index is 4.05. The lowest BCUT2D eigenvalue weighted by molar-refractivity contribution is -0.137. The number of carboxylic acids is 1. The Kier molecular flexibility index (Phi) is 11.7. The van der Waals surface area contributed by atoms with Crippen molar-refractivity contribution < 1.29 is 19.4 Å². The van der Waals surface area contributed by atoms with Gasteiger partial charge in [0.2, 0.25) is 0 Å². The molecule has 0 rings (SSSR count). The van der Waals surface area contributed by atoms with Crippen molar-refractivity contribution in [2.45, 2.75) is 58.0 Å². The molecule has 21 heavy (non-hydrogen) atoms. The van der Waals surface area contributed by atoms with Crippen molar-refractivity contribution in [3.05, 3.63) is 0 Å². The van der Waals surface area contributed by atoms with Crippen molar-refractivity contribution in [2.75, 3.05) is 27.2 Å². The molecule has 2 N–H and O–H groups in total. The highest BCUT2D eigenvalue weighted by atomic mass is 16.6. The van der Waals surface area contributed by atoms with Gasteiger partial charge in [-0.2, -0.15) is 0 Å². The molecule has 0 aliphatic rings. The van der Waals surface area contributed by atoms with E-state index < -0.39 is 12.1 Å². The van der Waals surface area contributed by atoms with E-state index in [0.29, 0.717) is 13.0 Å². The average Bonchev–Trinajstić information content (AvgIpc) is 2.40. The molecular formula is C15H30N2O4. The van der Waals surface area contributed by atoms with E-state index in [-0.39, 0.29) is 12.5 Å². The van der Waals surface area contributed by atoms with Crippen LogP contribution in [0.5, 0.6) is 0 Å². The fraction of sp³-hybridized carbons (Fsp3) is 0.867. The Labute approximate surface area is 127 Å². The third-order valence-corrected chi connectivity index (χ3v) is 3.16. The van der Waals surface area contributed by atoms with Crippen LogP contribution < -0.4 is 5.32 Å². The molecule has 0 spiro atoms. The van der Waals surface area contributed by atoms with Crippen LogP contribution in [0.2, 0.25) is 0 Å². The van der Waals surface area contributed by atoms with E-state index in [9.17, 15) is 9.59 Å². The van der Waals surface area contributed by atoms with E-state index in [0.717, 1.165) is 38.6 Å². The van der Waals surface area contributed by atoms with Gasteiger partial charge in [0, 0.05) is 19.5 Å². The number of ether oxygens (including phenoxy) is 1. The van der Waals surface area contributed by atoms with Crippen molar-refractivity contribution in [3.8, 4) is 0 Å². The highest BCUT2D eigenvalue weighted by molar-refractivity contribution is 5.68. The first-order chi connectivity index (χ1) is 9.95. The molecule has 0 fully saturated rings. The van der Waals surface area contributed by atoms with Crippen LogP contribution in [0.4, 0.5) is 4.79 Å². The van der Waals surface area contributed by atoms with Crippen LogP contribution in [0.25, 0.3) is 0 Å². The van der Waals surface area contributed by atoms with Crippen LogP contribution in [0.3, 0.4) is 0 Å². The van der Waals surface area contributed by atoms with Crippen molar-refractivity contribution in [3.63, 3.8) is 0 Å². The minimum atomic E-state index is -0.856. The number of nitrogens with zero attached hydrogens (tertiary/aromatic N) is 1. The lowest BCUT2D eigenvalue weighted by Gasteiger charge is -2.18. The standard InChI is InChI=1S/C15H30N2O4/c1-4-5-6-7-8-13(9-10-14(18)19)21-15(20)16-11-12-17(2)3/h13H,4-12H2,1-3H3,(H,16,20)(H,18,19). The van der Waals surface area contributed by atoms with Gasteiger partial charge in [-0.05, 0) is 33.4 Å². The SMILES string of the molecule is CCCCCCC(CCC(=O)O)OC(=O)NCCN(C)C. The number of unbranched alkanes of at least 4 members (excludes halogenated alkanes) is 3. The van der Waals surface area contributed by atoms with Crippen molar-refractivity contribution in [1.29, 1.82) is 0 Å². The number of hydrogen-bond acceptors (Lipinski definition) is 4. The van der Waals surface area contributed by atoms with Crippen molar-refractivity contribution in [2.24, 2.45) is 0 Å². The molecule has 0 saturated heterocycles. The lowest BCUT2D eigenvalue weighted by Crippen LogP contribution is -2.34. The van der Waals surface area contributed by atoms with Gasteiger partial charge >= 0.3 is 12.1 Å². The molecule has 0 saturated carbocycles. The molecule has 0 aromatic rings. The molecule has 0 radical (unpaired) electrons. The van der Waals surface area contributed by atoms with E-state index in [2.05, 4.69) is 12.2 Å². The third-order valence-electron chi connectivity index (χ3n) is 3.16. The molecule has 6 heteroatoms. The summed E-state index contributed by atoms with van der Waals surface area (Å²) >= 11 is 0. The maximum atomic E-state index is 11.7. The van der Waals surface area contributed by atoms with Gasteiger partial charge < -0.3 is 20.1 Å². The highest BCUT2D eigenvalue weighted by Gasteiger charge is 2.15. The third kappa shape index (κ3) is 13.4. The summed E-state index contributed by atoms with van der Waals surface area (Å²) in [6.45, 7) is 3.40. The van der Waals surface area contributed by atoms with E-state index in [1.54, 1.807) is 0 Å². The minimum Gasteiger partial charge on any atom is -0.481 e. The summed E-state index contributed by atoms with van der Waals surface area (Å²) in [6, 6.07) is 0. The molecule has 0 aromatic carbocycles. The Morgan fingerprint density at radius 3 is 2.48 bits per heavy atom. The number of likely N-dealkylation sites (N-methyl/N-ethyl adjacent to an activating group) is 1. The van der Waals surface area contributed by atoms with Gasteiger partial charge in [0.15, 0.2) is 0 Å². The normalized spacial score (nSPS) is 12.2. The number of nitrogens with one attached hydrogen (secondary N) is 1. The van der Waals surface area contributed by atoms with Crippen LogP contribution in [-0.4, -0.2) is 55.4 Å². The maximum Gasteiger partial charge on any atom is 0.407 e. The van der Waals surface area contributed by atoms with Crippen LogP contribution in [-0.2, 0) is 9.53 Å². The molecule has 1 atom stereocenters. The first-order valence-corrected chi connectivity index (χ1v) is 7.76. The summed E-state index contributed by atoms with van der Waals surface area (Å²) < 4.78 is 5.33. The Morgan fingerprint density at radius 2 is 1.90 bits per heavy atom. The quantitative estimate of drug-likeness (QED) is 0.541. The van der Waals surface area contributed by atoms with E-state index in [4.69, 9.17) is 9.84 Å². The fourth-order valence-electron chi connectivity index (χ4n) is 1.92. The molecule has 1 unspecified atom stereocenters. The summed E-state index contributed by atoms with van der Waals surface area (Å²) in [5.74, 6) is -0.856. The molecule has 0 aliphatic carbocycles. The second-order valence-electron chi connectivity index (χ2n) is 5.54. The van der Waals surface area contributed by atoms with Crippen molar-refractivity contribution in [1.82, 2.24) is 10.2 Å². The van der Waals surface area contributed by atoms with Gasteiger partial charge in [0.05, 0.1) is 0 Å². The Bertz CT molecular complexity index is 295. The van der Waals surface area contributed by atoms with Gasteiger partial charge in [-0.25, -0.2) is 4.79 Å². The second kappa shape index (κ2) is 12.4. The van der Waals surface area contributed by atoms with Gasteiger partial charge in [0.25, 0.3) is 0 Å². The topological polar surface area (TPSA) is 78.9 Å². The Hall–Kier alpha value is -1.30. The predicted octanol–water partition coefficient (Wildman–Crippen LogP) is 2.48. The summed E-state index contributed by atoms with van der Waals surface area (Å²) in [5.41, 5.74) is 0. The summed E-state index contributed by atoms with van der Waals surface area (Å²) in [5, 5.41) is 11.4. The molecule has 0 heterocycles. The maximum absolute atomic E-state index is 11.7. The monoisotopic (exact) mass is 302 g/mol. The molecule has 0 aromatic heterocycles. The number of carbonyl (C=O) groups is 2. The van der Waals surface area contributed by atoms with Gasteiger partial charge in [-0.15, -0.1) is 0 Å². The smallest absolute Gasteiger partial charge is 0.407 e. The van der Waals surface area contributed by atoms with E-state index in [1.165, 1.54) is 0 Å². The summed E-state index contributed by atoms with van der Waals surface area (Å²) in [7, 11) is 3.85. The van der Waals surface area contributed by atoms with Crippen LogP contribution in [0, 0.1) is 0 Å². The minimum absolute atomic E-state index is 0.0312. The van der Waals surface area contributed by atoms with E-state index >= 15 is 0 Å². The largest absolute Gasteiger partial charge is 0.481 e. The summed E-state index contributed by atoms with van der Waals surface area (Å²) in [4.78, 5) is 24.3. The zero-order chi connectivity index (χ0) is 16.1. The number of amides is 1. The molecule has 124 valence electrons. The Morgan fingerprint density at radius 1 is 1.19 bits per heavy atom. The first kappa shape index (κ1) is 19.7. The first-order valence-electron chi connectivity index (χ1n) is 7.76. The molecule has 6 nitrogen and oxygen atoms in total. The van der Waals surface area contributed by atoms with Crippen LogP contribution in [0.15, 0.2) is 0 Å². The van der Waals surface area contributed by atoms with Crippen LogP contribution in [0.1, 0.15) is 51.9 Å². The number of hydrogen-bond donors (Lipinski definition) is 2. The van der Waals surface area contributed by atoms with E-state index in [1.807, 2.05) is 19.0 Å². The molecular weight excluding hydrogens is 272 g/mol. The average molecular weight is 302 g/mol. The fourth-order valence-corrected chi connectivity index (χ4v) is 1.92. The molecule has 0 aliphatic heterocycles. The van der Waals surface area contributed by atoms with Gasteiger partial charge in [-0.3, -0.25) is 4.79 Å². The number of alkyl carbamates (subject to hydrolysis) is 1. The predicted molar refractivity (Wildman–Crippen MR) is 82.5 cm³/mol. The zero-order valence-corrected chi connectivity index (χ0v) is 13.6. The number of carboxylic acid groups (broad SMARTS) is 1. The van der Waals surface area contributed by atoms with Crippen LogP contribution >= 0.6 is 0 Å². The summed E-state index contributed by atoms with van der Waals surface area (Å²) in [6.07, 6.45) is 4.72. The van der Waals surface area contributed by atoms with Gasteiger partial charge in [0.1, 0.15) is 6.10 Å². The van der Waals surface area contributed by atoms with Crippen molar-refractivity contribution >= 4 is 12.1 Å². The molecule has 0 bridgehead atoms. The lowest BCUT2D eigenvalue weighted by atomic mass is 10.1. The highest BCUT2D eigenvalue weighted by Crippen LogP contribution is 2.13.